The second kappa shape index (κ2) is 7.36. The summed E-state index contributed by atoms with van der Waals surface area (Å²) in [5, 5.41) is 2.15. The molecule has 3 aromatic carbocycles. The maximum atomic E-state index is 6.34. The highest BCUT2D eigenvalue weighted by molar-refractivity contribution is 6.39. The first-order valence-electron chi connectivity index (χ1n) is 8.23. The Labute approximate surface area is 162 Å². The molecule has 128 valence electrons. The number of ether oxygens (including phenoxy) is 1. The van der Waals surface area contributed by atoms with Crippen molar-refractivity contribution in [3.8, 4) is 17.0 Å². The van der Waals surface area contributed by atoms with Gasteiger partial charge in [-0.05, 0) is 29.8 Å². The van der Waals surface area contributed by atoms with E-state index in [0.717, 1.165) is 33.5 Å². The monoisotopic (exact) mass is 379 g/mol. The van der Waals surface area contributed by atoms with Gasteiger partial charge in [-0.15, -0.1) is 0 Å². The van der Waals surface area contributed by atoms with Crippen molar-refractivity contribution in [2.75, 3.05) is 0 Å². The summed E-state index contributed by atoms with van der Waals surface area (Å²) in [7, 11) is 0. The van der Waals surface area contributed by atoms with Crippen molar-refractivity contribution in [3.63, 3.8) is 0 Å². The van der Waals surface area contributed by atoms with Gasteiger partial charge in [0.05, 0.1) is 15.7 Å². The van der Waals surface area contributed by atoms with Crippen LogP contribution in [0.3, 0.4) is 0 Å². The normalized spacial score (nSPS) is 10.8. The zero-order valence-corrected chi connectivity index (χ0v) is 15.3. The molecule has 2 nitrogen and oxygen atoms in total. The Bertz CT molecular complexity index is 1040. The highest BCUT2D eigenvalue weighted by Crippen LogP contribution is 2.35. The molecule has 0 spiro atoms. The predicted octanol–water partition coefficient (Wildman–Crippen LogP) is 6.79. The van der Waals surface area contributed by atoms with Gasteiger partial charge in [-0.1, -0.05) is 77.8 Å². The molecule has 0 N–H and O–H groups in total. The van der Waals surface area contributed by atoms with E-state index in [2.05, 4.69) is 0 Å². The Morgan fingerprint density at radius 3 is 2.23 bits per heavy atom. The van der Waals surface area contributed by atoms with Crippen molar-refractivity contribution >= 4 is 34.1 Å². The Balaban J connectivity index is 1.75. The average Bonchev–Trinajstić information content (AvgIpc) is 2.67. The molecule has 4 heteroatoms. The minimum Gasteiger partial charge on any atom is -0.487 e. The summed E-state index contributed by atoms with van der Waals surface area (Å²) in [6, 6.07) is 25.3. The lowest BCUT2D eigenvalue weighted by molar-refractivity contribution is 0.309. The smallest absolute Gasteiger partial charge is 0.146 e. The van der Waals surface area contributed by atoms with Crippen LogP contribution >= 0.6 is 23.2 Å². The first-order valence-corrected chi connectivity index (χ1v) is 8.99. The summed E-state index contributed by atoms with van der Waals surface area (Å²) >= 11 is 12.7. The first kappa shape index (κ1) is 16.9. The van der Waals surface area contributed by atoms with Crippen molar-refractivity contribution in [1.82, 2.24) is 4.98 Å². The van der Waals surface area contributed by atoms with Gasteiger partial charge in [-0.2, -0.15) is 0 Å². The fourth-order valence-corrected chi connectivity index (χ4v) is 3.44. The number of benzene rings is 3. The molecular weight excluding hydrogens is 365 g/mol. The molecule has 0 aliphatic carbocycles. The molecule has 4 aromatic rings. The molecule has 0 aliphatic rings. The van der Waals surface area contributed by atoms with Crippen molar-refractivity contribution in [2.45, 2.75) is 6.61 Å². The van der Waals surface area contributed by atoms with Gasteiger partial charge in [0.1, 0.15) is 17.9 Å². The Hall–Kier alpha value is -2.55. The number of hydrogen-bond acceptors (Lipinski definition) is 2. The number of fused-ring (bicyclic) bond motifs is 1. The molecule has 26 heavy (non-hydrogen) atoms. The Kier molecular flexibility index (Phi) is 4.79. The summed E-state index contributed by atoms with van der Waals surface area (Å²) in [5.41, 5.74) is 3.35. The van der Waals surface area contributed by atoms with Gasteiger partial charge in [0.25, 0.3) is 0 Å². The number of aromatic nitrogens is 1. The first-order chi connectivity index (χ1) is 12.7. The summed E-state index contributed by atoms with van der Waals surface area (Å²) < 4.78 is 6.03. The lowest BCUT2D eigenvalue weighted by Crippen LogP contribution is -1.97. The highest BCUT2D eigenvalue weighted by atomic mass is 35.5. The third-order valence-corrected chi connectivity index (χ3v) is 4.77. The van der Waals surface area contributed by atoms with E-state index < -0.39 is 0 Å². The zero-order chi connectivity index (χ0) is 17.9. The molecule has 0 saturated carbocycles. The van der Waals surface area contributed by atoms with E-state index in [9.17, 15) is 0 Å². The number of pyridine rings is 1. The molecule has 0 saturated heterocycles. The number of nitrogens with zero attached hydrogens (tertiary/aromatic N) is 1. The molecule has 0 radical (unpaired) electrons. The number of halogens is 2. The molecule has 1 aromatic heterocycles. The molecular formula is C22H15Cl2NO. The fraction of sp³-hybridized carbons (Fsp3) is 0.0455. The average molecular weight is 380 g/mol. The van der Waals surface area contributed by atoms with Crippen LogP contribution < -0.4 is 4.74 Å². The van der Waals surface area contributed by atoms with Gasteiger partial charge >= 0.3 is 0 Å². The topological polar surface area (TPSA) is 22.1 Å². The minimum absolute atomic E-state index is 0.485. The van der Waals surface area contributed by atoms with Crippen molar-refractivity contribution < 1.29 is 4.74 Å². The maximum Gasteiger partial charge on any atom is 0.146 e. The fourth-order valence-electron chi connectivity index (χ4n) is 2.85. The van der Waals surface area contributed by atoms with Crippen molar-refractivity contribution in [3.05, 3.63) is 94.5 Å². The Morgan fingerprint density at radius 1 is 0.731 bits per heavy atom. The van der Waals surface area contributed by atoms with Crippen LogP contribution in [-0.2, 0) is 6.61 Å². The van der Waals surface area contributed by atoms with E-state index in [-0.39, 0.29) is 0 Å². The SMILES string of the molecule is Clc1cccc(Cl)c1-c1ccc2cccc(OCc3ccccc3)c2n1. The molecule has 0 fully saturated rings. The van der Waals surface area contributed by atoms with Crippen molar-refractivity contribution in [1.29, 1.82) is 0 Å². The van der Waals surface area contributed by atoms with Crippen LogP contribution in [0.5, 0.6) is 5.75 Å². The highest BCUT2D eigenvalue weighted by Gasteiger charge is 2.12. The van der Waals surface area contributed by atoms with E-state index in [1.165, 1.54) is 0 Å². The summed E-state index contributed by atoms with van der Waals surface area (Å²) in [5.74, 6) is 0.733. The molecule has 0 bridgehead atoms. The van der Waals surface area contributed by atoms with Gasteiger partial charge in [-0.25, -0.2) is 4.98 Å². The van der Waals surface area contributed by atoms with E-state index in [1.54, 1.807) is 0 Å². The van der Waals surface area contributed by atoms with Gasteiger partial charge in [0, 0.05) is 10.9 Å². The zero-order valence-electron chi connectivity index (χ0n) is 13.8. The van der Waals surface area contributed by atoms with Gasteiger partial charge in [0.15, 0.2) is 0 Å². The quantitative estimate of drug-likeness (QED) is 0.389. The molecule has 0 amide bonds. The number of hydrogen-bond donors (Lipinski definition) is 0. The van der Waals surface area contributed by atoms with E-state index >= 15 is 0 Å². The lowest BCUT2D eigenvalue weighted by Gasteiger charge is -2.11. The van der Waals surface area contributed by atoms with Crippen LogP contribution in [0.1, 0.15) is 5.56 Å². The number of para-hydroxylation sites is 1. The van der Waals surface area contributed by atoms with Crippen LogP contribution in [0.4, 0.5) is 0 Å². The molecule has 1 heterocycles. The third-order valence-electron chi connectivity index (χ3n) is 4.14. The second-order valence-electron chi connectivity index (χ2n) is 5.90. The predicted molar refractivity (Wildman–Crippen MR) is 108 cm³/mol. The van der Waals surface area contributed by atoms with Crippen molar-refractivity contribution in [2.24, 2.45) is 0 Å². The summed E-state index contributed by atoms with van der Waals surface area (Å²) in [6.45, 7) is 0.485. The standard InChI is InChI=1S/C22H15Cl2NO/c23-17-9-5-10-18(24)21(17)19-13-12-16-8-4-11-20(22(16)25-19)26-14-15-6-2-1-3-7-15/h1-13H,14H2. The van der Waals surface area contributed by atoms with E-state index in [4.69, 9.17) is 32.9 Å². The summed E-state index contributed by atoms with van der Waals surface area (Å²) in [6.07, 6.45) is 0. The Morgan fingerprint density at radius 2 is 1.46 bits per heavy atom. The molecule has 0 atom stereocenters. The third kappa shape index (κ3) is 3.39. The van der Waals surface area contributed by atoms with Crippen LogP contribution in [0.15, 0.2) is 78.9 Å². The molecule has 0 aliphatic heterocycles. The van der Waals surface area contributed by atoms with Crippen LogP contribution in [0.2, 0.25) is 10.0 Å². The summed E-state index contributed by atoms with van der Waals surface area (Å²) in [4.78, 5) is 4.79. The minimum atomic E-state index is 0.485. The van der Waals surface area contributed by atoms with Crippen LogP contribution in [-0.4, -0.2) is 4.98 Å². The van der Waals surface area contributed by atoms with Gasteiger partial charge < -0.3 is 4.74 Å². The number of rotatable bonds is 4. The van der Waals surface area contributed by atoms with Crippen LogP contribution in [0.25, 0.3) is 22.2 Å². The lowest BCUT2D eigenvalue weighted by atomic mass is 10.1. The van der Waals surface area contributed by atoms with Gasteiger partial charge in [0.2, 0.25) is 0 Å². The largest absolute Gasteiger partial charge is 0.487 e. The maximum absolute atomic E-state index is 6.34. The second-order valence-corrected chi connectivity index (χ2v) is 6.71. The van der Waals surface area contributed by atoms with E-state index in [0.29, 0.717) is 16.7 Å². The van der Waals surface area contributed by atoms with Gasteiger partial charge in [-0.3, -0.25) is 0 Å². The molecule has 0 unspecified atom stereocenters. The van der Waals surface area contributed by atoms with E-state index in [1.807, 2.05) is 78.9 Å². The van der Waals surface area contributed by atoms with Crippen LogP contribution in [0, 0.1) is 0 Å². The molecule has 4 rings (SSSR count).